The average molecular weight is 310 g/mol. The predicted octanol–water partition coefficient (Wildman–Crippen LogP) is 1.43. The number of nitriles is 1. The van der Waals surface area contributed by atoms with E-state index < -0.39 is 24.0 Å². The highest BCUT2D eigenvalue weighted by atomic mass is 35.5. The minimum Gasteiger partial charge on any atom is -0.481 e. The molecule has 2 amide bonds. The smallest absolute Gasteiger partial charge is 0.319 e. The van der Waals surface area contributed by atoms with Crippen LogP contribution in [0.2, 0.25) is 5.02 Å². The van der Waals surface area contributed by atoms with Crippen molar-refractivity contribution in [3.8, 4) is 6.07 Å². The number of ether oxygens (including phenoxy) is 1. The van der Waals surface area contributed by atoms with E-state index in [1.54, 1.807) is 0 Å². The van der Waals surface area contributed by atoms with Gasteiger partial charge >= 0.3 is 12.0 Å². The molecule has 0 saturated carbocycles. The largest absolute Gasteiger partial charge is 0.481 e. The Morgan fingerprint density at radius 1 is 1.43 bits per heavy atom. The third-order valence-corrected chi connectivity index (χ3v) is 3.37. The number of rotatable bonds is 3. The zero-order valence-electron chi connectivity index (χ0n) is 10.8. The van der Waals surface area contributed by atoms with Crippen molar-refractivity contribution in [1.82, 2.24) is 5.32 Å². The highest BCUT2D eigenvalue weighted by molar-refractivity contribution is 6.33. The van der Waals surface area contributed by atoms with Gasteiger partial charge in [-0.1, -0.05) is 11.6 Å². The number of hydrogen-bond donors (Lipinski definition) is 3. The third kappa shape index (κ3) is 3.62. The summed E-state index contributed by atoms with van der Waals surface area (Å²) in [4.78, 5) is 22.8. The van der Waals surface area contributed by atoms with Crippen molar-refractivity contribution >= 4 is 29.3 Å². The number of benzene rings is 1. The Labute approximate surface area is 125 Å². The summed E-state index contributed by atoms with van der Waals surface area (Å²) in [7, 11) is 0. The number of carboxylic acid groups (broad SMARTS) is 1. The Hall–Kier alpha value is -2.30. The number of anilines is 1. The number of carboxylic acids is 1. The maximum Gasteiger partial charge on any atom is 0.319 e. The average Bonchev–Trinajstić information content (AvgIpc) is 2.89. The first kappa shape index (κ1) is 15.1. The van der Waals surface area contributed by atoms with Crippen LogP contribution in [0.5, 0.6) is 0 Å². The first-order valence-electron chi connectivity index (χ1n) is 6.09. The van der Waals surface area contributed by atoms with E-state index in [1.165, 1.54) is 18.2 Å². The second-order valence-electron chi connectivity index (χ2n) is 4.49. The van der Waals surface area contributed by atoms with Crippen LogP contribution in [-0.2, 0) is 9.53 Å². The van der Waals surface area contributed by atoms with E-state index in [0.717, 1.165) is 0 Å². The molecule has 1 saturated heterocycles. The molecule has 1 aromatic rings. The number of nitrogens with zero attached hydrogens (tertiary/aromatic N) is 1. The van der Waals surface area contributed by atoms with E-state index in [1.807, 2.05) is 6.07 Å². The summed E-state index contributed by atoms with van der Waals surface area (Å²) >= 11 is 5.94. The molecule has 21 heavy (non-hydrogen) atoms. The monoisotopic (exact) mass is 309 g/mol. The number of nitrogens with one attached hydrogen (secondary N) is 2. The molecule has 1 aromatic carbocycles. The van der Waals surface area contributed by atoms with Crippen LogP contribution in [0, 0.1) is 17.2 Å². The van der Waals surface area contributed by atoms with Crippen LogP contribution in [0.4, 0.5) is 10.5 Å². The Kier molecular flexibility index (Phi) is 4.62. The van der Waals surface area contributed by atoms with Crippen molar-refractivity contribution in [2.45, 2.75) is 6.04 Å². The van der Waals surface area contributed by atoms with E-state index in [4.69, 9.17) is 26.7 Å². The van der Waals surface area contributed by atoms with Gasteiger partial charge in [0.25, 0.3) is 0 Å². The molecule has 1 fully saturated rings. The summed E-state index contributed by atoms with van der Waals surface area (Å²) in [6, 6.07) is 5.19. The summed E-state index contributed by atoms with van der Waals surface area (Å²) in [5, 5.41) is 23.0. The first-order chi connectivity index (χ1) is 10.0. The molecular formula is C13H12ClN3O4. The van der Waals surface area contributed by atoms with E-state index in [9.17, 15) is 9.59 Å². The summed E-state index contributed by atoms with van der Waals surface area (Å²) in [6.07, 6.45) is 0. The lowest BCUT2D eigenvalue weighted by Gasteiger charge is -2.16. The molecular weight excluding hydrogens is 298 g/mol. The van der Waals surface area contributed by atoms with Crippen molar-refractivity contribution < 1.29 is 19.4 Å². The Morgan fingerprint density at radius 3 is 2.81 bits per heavy atom. The molecule has 7 nitrogen and oxygen atoms in total. The molecule has 1 aliphatic rings. The predicted molar refractivity (Wildman–Crippen MR) is 74.1 cm³/mol. The number of carbonyl (C=O) groups is 2. The molecule has 2 unspecified atom stereocenters. The lowest BCUT2D eigenvalue weighted by atomic mass is 10.0. The highest BCUT2D eigenvalue weighted by Crippen LogP contribution is 2.23. The van der Waals surface area contributed by atoms with Crippen molar-refractivity contribution in [2.75, 3.05) is 18.5 Å². The topological polar surface area (TPSA) is 111 Å². The summed E-state index contributed by atoms with van der Waals surface area (Å²) in [5.41, 5.74) is 0.708. The van der Waals surface area contributed by atoms with Gasteiger partial charge in [-0.3, -0.25) is 4.79 Å². The Balaban J connectivity index is 1.99. The van der Waals surface area contributed by atoms with Crippen LogP contribution in [0.1, 0.15) is 5.56 Å². The van der Waals surface area contributed by atoms with Gasteiger partial charge in [-0.25, -0.2) is 4.79 Å². The molecule has 0 aromatic heterocycles. The summed E-state index contributed by atoms with van der Waals surface area (Å²) in [6.45, 7) is 0.212. The summed E-state index contributed by atoms with van der Waals surface area (Å²) < 4.78 is 5.05. The number of carbonyl (C=O) groups excluding carboxylic acids is 1. The maximum atomic E-state index is 11.8. The molecule has 0 radical (unpaired) electrons. The fourth-order valence-corrected chi connectivity index (χ4v) is 2.18. The molecule has 8 heteroatoms. The maximum absolute atomic E-state index is 11.8. The molecule has 2 rings (SSSR count). The van der Waals surface area contributed by atoms with Gasteiger partial charge in [0.1, 0.15) is 5.92 Å². The molecule has 0 bridgehead atoms. The Morgan fingerprint density at radius 2 is 2.19 bits per heavy atom. The molecule has 0 aliphatic carbocycles. The first-order valence-corrected chi connectivity index (χ1v) is 6.46. The van der Waals surface area contributed by atoms with E-state index in [0.29, 0.717) is 11.3 Å². The van der Waals surface area contributed by atoms with Gasteiger partial charge in [-0.05, 0) is 18.2 Å². The fourth-order valence-electron chi connectivity index (χ4n) is 1.95. The number of urea groups is 1. The molecule has 2 atom stereocenters. The van der Waals surface area contributed by atoms with Gasteiger partial charge in [0.2, 0.25) is 0 Å². The van der Waals surface area contributed by atoms with Crippen molar-refractivity contribution in [3.63, 3.8) is 0 Å². The normalized spacial score (nSPS) is 20.6. The number of halogens is 1. The quantitative estimate of drug-likeness (QED) is 0.782. The van der Waals surface area contributed by atoms with Crippen LogP contribution in [0.3, 0.4) is 0 Å². The molecule has 1 heterocycles. The van der Waals surface area contributed by atoms with Crippen LogP contribution in [0.25, 0.3) is 0 Å². The highest BCUT2D eigenvalue weighted by Gasteiger charge is 2.35. The van der Waals surface area contributed by atoms with E-state index in [2.05, 4.69) is 10.6 Å². The minimum absolute atomic E-state index is 0.0674. The second kappa shape index (κ2) is 6.43. The van der Waals surface area contributed by atoms with E-state index >= 15 is 0 Å². The standard InChI is InChI=1S/C13H12ClN3O4/c14-9-3-7(4-15)1-2-10(9)16-13(20)17-11-6-21-5-8(11)12(18)19/h1-3,8,11H,5-6H2,(H,18,19)(H2,16,17,20). The van der Waals surface area contributed by atoms with Crippen LogP contribution >= 0.6 is 11.6 Å². The van der Waals surface area contributed by atoms with Gasteiger partial charge < -0.3 is 20.5 Å². The molecule has 0 spiro atoms. The lowest BCUT2D eigenvalue weighted by molar-refractivity contribution is -0.142. The van der Waals surface area contributed by atoms with Crippen LogP contribution < -0.4 is 10.6 Å². The zero-order chi connectivity index (χ0) is 15.4. The van der Waals surface area contributed by atoms with Gasteiger partial charge in [0.05, 0.1) is 41.6 Å². The number of hydrogen-bond acceptors (Lipinski definition) is 4. The van der Waals surface area contributed by atoms with Gasteiger partial charge in [-0.2, -0.15) is 5.26 Å². The Bertz CT molecular complexity index is 614. The SMILES string of the molecule is N#Cc1ccc(NC(=O)NC2COCC2C(=O)O)c(Cl)c1. The molecule has 3 N–H and O–H groups in total. The zero-order valence-corrected chi connectivity index (χ0v) is 11.6. The van der Waals surface area contributed by atoms with Crippen LogP contribution in [0.15, 0.2) is 18.2 Å². The molecule has 1 aliphatic heterocycles. The van der Waals surface area contributed by atoms with Crippen LogP contribution in [-0.4, -0.2) is 36.4 Å². The number of aliphatic carboxylic acids is 1. The number of amides is 2. The minimum atomic E-state index is -1.02. The van der Waals surface area contributed by atoms with Crippen molar-refractivity contribution in [2.24, 2.45) is 5.92 Å². The third-order valence-electron chi connectivity index (χ3n) is 3.06. The lowest BCUT2D eigenvalue weighted by Crippen LogP contribution is -2.44. The summed E-state index contributed by atoms with van der Waals surface area (Å²) in [5.74, 6) is -1.79. The van der Waals surface area contributed by atoms with Gasteiger partial charge in [0, 0.05) is 0 Å². The van der Waals surface area contributed by atoms with Crippen molar-refractivity contribution in [3.05, 3.63) is 28.8 Å². The van der Waals surface area contributed by atoms with E-state index in [-0.39, 0.29) is 18.2 Å². The van der Waals surface area contributed by atoms with Gasteiger partial charge in [-0.15, -0.1) is 0 Å². The van der Waals surface area contributed by atoms with Gasteiger partial charge in [0.15, 0.2) is 0 Å². The van der Waals surface area contributed by atoms with Crippen molar-refractivity contribution in [1.29, 1.82) is 5.26 Å². The molecule has 110 valence electrons. The second-order valence-corrected chi connectivity index (χ2v) is 4.90. The fraction of sp³-hybridized carbons (Fsp3) is 0.308.